The molecule has 0 aromatic carbocycles. The van der Waals surface area contributed by atoms with Gasteiger partial charge in [0.2, 0.25) is 0 Å². The Morgan fingerprint density at radius 1 is 1.40 bits per heavy atom. The molecule has 1 fully saturated rings. The molecule has 0 radical (unpaired) electrons. The molecule has 5 heteroatoms. The monoisotopic (exact) mass is 278 g/mol. The van der Waals surface area contributed by atoms with Gasteiger partial charge in [-0.1, -0.05) is 0 Å². The van der Waals surface area contributed by atoms with Crippen LogP contribution in [0.2, 0.25) is 0 Å². The first kappa shape index (κ1) is 15.2. The van der Waals surface area contributed by atoms with Crippen molar-refractivity contribution in [1.29, 1.82) is 0 Å². The summed E-state index contributed by atoms with van der Waals surface area (Å²) >= 11 is 0. The molecule has 1 aliphatic heterocycles. The maximum Gasteiger partial charge on any atom is 0.135 e. The smallest absolute Gasteiger partial charge is 0.135 e. The third-order valence-electron chi connectivity index (χ3n) is 4.52. The molecule has 0 bridgehead atoms. The van der Waals surface area contributed by atoms with Gasteiger partial charge in [-0.05, 0) is 46.1 Å². The van der Waals surface area contributed by atoms with Crippen molar-refractivity contribution < 1.29 is 5.11 Å². The van der Waals surface area contributed by atoms with Gasteiger partial charge in [-0.25, -0.2) is 9.97 Å². The van der Waals surface area contributed by atoms with Crippen LogP contribution in [0.15, 0.2) is 6.33 Å². The van der Waals surface area contributed by atoms with Crippen molar-refractivity contribution in [2.45, 2.75) is 39.5 Å². The zero-order valence-electron chi connectivity index (χ0n) is 12.6. The Morgan fingerprint density at radius 2 is 2.20 bits per heavy atom. The number of aromatic nitrogens is 2. The van der Waals surface area contributed by atoms with E-state index in [-0.39, 0.29) is 12.0 Å². The second-order valence-electron chi connectivity index (χ2n) is 5.98. The van der Waals surface area contributed by atoms with Crippen LogP contribution in [0.25, 0.3) is 0 Å². The van der Waals surface area contributed by atoms with E-state index < -0.39 is 0 Å². The van der Waals surface area contributed by atoms with Crippen LogP contribution in [-0.4, -0.2) is 41.3 Å². The quantitative estimate of drug-likeness (QED) is 0.852. The highest BCUT2D eigenvalue weighted by Gasteiger charge is 2.35. The number of rotatable bonds is 5. The molecule has 1 atom stereocenters. The van der Waals surface area contributed by atoms with Crippen molar-refractivity contribution in [2.24, 2.45) is 11.1 Å². The fourth-order valence-corrected chi connectivity index (χ4v) is 3.12. The summed E-state index contributed by atoms with van der Waals surface area (Å²) in [6.07, 6.45) is 5.75. The molecule has 1 aromatic heterocycles. The van der Waals surface area contributed by atoms with Gasteiger partial charge < -0.3 is 15.7 Å². The Hall–Kier alpha value is -1.20. The summed E-state index contributed by atoms with van der Waals surface area (Å²) in [6.45, 7) is 6.86. The second-order valence-corrected chi connectivity index (χ2v) is 5.98. The maximum absolute atomic E-state index is 9.86. The number of hydrogen-bond donors (Lipinski definition) is 2. The van der Waals surface area contributed by atoms with Crippen molar-refractivity contribution in [3.05, 3.63) is 17.6 Å². The van der Waals surface area contributed by atoms with E-state index in [9.17, 15) is 5.11 Å². The Morgan fingerprint density at radius 3 is 2.90 bits per heavy atom. The predicted octanol–water partition coefficient (Wildman–Crippen LogP) is 1.41. The van der Waals surface area contributed by atoms with E-state index in [0.29, 0.717) is 6.54 Å². The Balaban J connectivity index is 2.19. The molecule has 2 rings (SSSR count). The molecule has 5 nitrogen and oxygen atoms in total. The van der Waals surface area contributed by atoms with Gasteiger partial charge in [0.1, 0.15) is 12.1 Å². The van der Waals surface area contributed by atoms with Crippen molar-refractivity contribution in [3.63, 3.8) is 0 Å². The second kappa shape index (κ2) is 6.50. The van der Waals surface area contributed by atoms with Crippen molar-refractivity contribution in [1.82, 2.24) is 9.97 Å². The third kappa shape index (κ3) is 3.10. The number of hydrogen-bond acceptors (Lipinski definition) is 5. The zero-order chi connectivity index (χ0) is 14.6. The molecule has 2 heterocycles. The number of nitrogens with two attached hydrogens (primary N) is 1. The molecule has 0 amide bonds. The molecule has 1 aromatic rings. The lowest BCUT2D eigenvalue weighted by molar-refractivity contribution is 0.0944. The fourth-order valence-electron chi connectivity index (χ4n) is 3.12. The molecule has 1 saturated heterocycles. The van der Waals surface area contributed by atoms with Crippen LogP contribution in [-0.2, 0) is 0 Å². The molecule has 1 aliphatic rings. The van der Waals surface area contributed by atoms with Gasteiger partial charge in [0, 0.05) is 29.8 Å². The lowest BCUT2D eigenvalue weighted by Gasteiger charge is -2.43. The molecule has 3 N–H and O–H groups in total. The Labute approximate surface area is 121 Å². The average molecular weight is 278 g/mol. The fraction of sp³-hybridized carbons (Fsp3) is 0.733. The summed E-state index contributed by atoms with van der Waals surface area (Å²) in [7, 11) is 0. The molecule has 1 unspecified atom stereocenters. The molecular weight excluding hydrogens is 252 g/mol. The van der Waals surface area contributed by atoms with E-state index in [1.165, 1.54) is 0 Å². The highest BCUT2D eigenvalue weighted by Crippen LogP contribution is 2.36. The van der Waals surface area contributed by atoms with E-state index in [2.05, 4.69) is 21.8 Å². The molecular formula is C15H26N4O. The van der Waals surface area contributed by atoms with Gasteiger partial charge in [-0.2, -0.15) is 0 Å². The third-order valence-corrected chi connectivity index (χ3v) is 4.52. The van der Waals surface area contributed by atoms with Gasteiger partial charge in [-0.3, -0.25) is 0 Å². The number of nitrogens with zero attached hydrogens (tertiary/aromatic N) is 3. The standard InChI is InChI=1S/C15H26N4O/c1-12-13(2)17-11-18-14(12)19-8-4-6-15(9-19,10-20)5-3-7-16/h11,20H,3-10,16H2,1-2H3. The summed E-state index contributed by atoms with van der Waals surface area (Å²) in [4.78, 5) is 11.0. The van der Waals surface area contributed by atoms with Crippen molar-refractivity contribution in [2.75, 3.05) is 31.1 Å². The van der Waals surface area contributed by atoms with Crippen molar-refractivity contribution in [3.8, 4) is 0 Å². The minimum Gasteiger partial charge on any atom is -0.396 e. The van der Waals surface area contributed by atoms with Crippen LogP contribution in [0.3, 0.4) is 0 Å². The van der Waals surface area contributed by atoms with Gasteiger partial charge >= 0.3 is 0 Å². The molecule has 0 spiro atoms. The molecule has 112 valence electrons. The Bertz CT molecular complexity index is 451. The predicted molar refractivity (Wildman–Crippen MR) is 80.8 cm³/mol. The van der Waals surface area contributed by atoms with E-state index >= 15 is 0 Å². The first-order chi connectivity index (χ1) is 9.62. The lowest BCUT2D eigenvalue weighted by Crippen LogP contribution is -2.46. The highest BCUT2D eigenvalue weighted by atomic mass is 16.3. The maximum atomic E-state index is 9.86. The lowest BCUT2D eigenvalue weighted by atomic mass is 9.77. The topological polar surface area (TPSA) is 75.3 Å². The zero-order valence-corrected chi connectivity index (χ0v) is 12.6. The van der Waals surface area contributed by atoms with E-state index in [0.717, 1.165) is 55.8 Å². The largest absolute Gasteiger partial charge is 0.396 e. The summed E-state index contributed by atoms with van der Waals surface area (Å²) in [5.74, 6) is 1.02. The minimum atomic E-state index is -0.0249. The van der Waals surface area contributed by atoms with E-state index in [1.807, 2.05) is 6.92 Å². The minimum absolute atomic E-state index is 0.0249. The summed E-state index contributed by atoms with van der Waals surface area (Å²) < 4.78 is 0. The Kier molecular flexibility index (Phi) is 4.94. The molecule has 20 heavy (non-hydrogen) atoms. The SMILES string of the molecule is Cc1ncnc(N2CCCC(CO)(CCCN)C2)c1C. The van der Waals surface area contributed by atoms with Crippen LogP contribution in [0.5, 0.6) is 0 Å². The van der Waals surface area contributed by atoms with Gasteiger partial charge in [-0.15, -0.1) is 0 Å². The van der Waals surface area contributed by atoms with Crippen LogP contribution >= 0.6 is 0 Å². The first-order valence-electron chi connectivity index (χ1n) is 7.46. The van der Waals surface area contributed by atoms with Crippen LogP contribution in [0.4, 0.5) is 5.82 Å². The van der Waals surface area contributed by atoms with Gasteiger partial charge in [0.25, 0.3) is 0 Å². The first-order valence-corrected chi connectivity index (χ1v) is 7.46. The normalized spacial score (nSPS) is 23.1. The number of aliphatic hydroxyl groups excluding tert-OH is 1. The summed E-state index contributed by atoms with van der Waals surface area (Å²) in [5, 5.41) is 9.86. The number of aliphatic hydroxyl groups is 1. The average Bonchev–Trinajstić information content (AvgIpc) is 2.48. The van der Waals surface area contributed by atoms with Gasteiger partial charge in [0.05, 0.1) is 6.61 Å². The number of aryl methyl sites for hydroxylation is 1. The van der Waals surface area contributed by atoms with Crippen LogP contribution < -0.4 is 10.6 Å². The van der Waals surface area contributed by atoms with E-state index in [4.69, 9.17) is 5.73 Å². The van der Waals surface area contributed by atoms with Gasteiger partial charge in [0.15, 0.2) is 0 Å². The van der Waals surface area contributed by atoms with E-state index in [1.54, 1.807) is 6.33 Å². The summed E-state index contributed by atoms with van der Waals surface area (Å²) in [5.41, 5.74) is 7.77. The van der Waals surface area contributed by atoms with Crippen molar-refractivity contribution >= 4 is 5.82 Å². The summed E-state index contributed by atoms with van der Waals surface area (Å²) in [6, 6.07) is 0. The van der Waals surface area contributed by atoms with Crippen LogP contribution in [0.1, 0.15) is 36.9 Å². The highest BCUT2D eigenvalue weighted by molar-refractivity contribution is 5.48. The molecule has 0 aliphatic carbocycles. The molecule has 0 saturated carbocycles. The van der Waals surface area contributed by atoms with Crippen LogP contribution in [0, 0.1) is 19.3 Å². The number of anilines is 1. The number of piperidine rings is 1.